The van der Waals surface area contributed by atoms with Crippen molar-refractivity contribution in [1.82, 2.24) is 4.90 Å². The fourth-order valence-electron chi connectivity index (χ4n) is 2.79. The second-order valence-corrected chi connectivity index (χ2v) is 7.20. The second-order valence-electron chi connectivity index (χ2n) is 6.77. The zero-order valence-corrected chi connectivity index (χ0v) is 13.8. The number of benzene rings is 1. The molecule has 4 heteroatoms. The zero-order valence-electron chi connectivity index (χ0n) is 13.1. The molecular formula is C17H24ClNO2. The molecule has 0 radical (unpaired) electrons. The molecule has 1 amide bonds. The Morgan fingerprint density at radius 1 is 1.33 bits per heavy atom. The molecule has 1 heterocycles. The summed E-state index contributed by atoms with van der Waals surface area (Å²) in [5, 5.41) is 0.617. The monoisotopic (exact) mass is 309 g/mol. The smallest absolute Gasteiger partial charge is 0.260 e. The van der Waals surface area contributed by atoms with Crippen LogP contribution in [0, 0.1) is 11.3 Å². The molecule has 2 rings (SSSR count). The maximum absolute atomic E-state index is 12.2. The molecule has 1 aliphatic rings. The molecule has 116 valence electrons. The fourth-order valence-corrected chi connectivity index (χ4v) is 2.97. The average molecular weight is 310 g/mol. The first-order chi connectivity index (χ1) is 9.86. The third-order valence-corrected chi connectivity index (χ3v) is 4.47. The van der Waals surface area contributed by atoms with Gasteiger partial charge >= 0.3 is 0 Å². The number of amides is 1. The summed E-state index contributed by atoms with van der Waals surface area (Å²) in [5.74, 6) is 1.39. The Morgan fingerprint density at radius 2 is 2.00 bits per heavy atom. The maximum Gasteiger partial charge on any atom is 0.260 e. The molecule has 0 aliphatic carbocycles. The molecule has 1 fully saturated rings. The number of hydrogen-bond donors (Lipinski definition) is 0. The molecule has 1 aromatic carbocycles. The lowest BCUT2D eigenvalue weighted by Gasteiger charge is -2.38. The van der Waals surface area contributed by atoms with Gasteiger partial charge in [0.05, 0.1) is 0 Å². The summed E-state index contributed by atoms with van der Waals surface area (Å²) < 4.78 is 5.52. The first-order valence-electron chi connectivity index (χ1n) is 7.52. The van der Waals surface area contributed by atoms with Crippen LogP contribution in [0.4, 0.5) is 0 Å². The Hall–Kier alpha value is -1.22. The van der Waals surface area contributed by atoms with Gasteiger partial charge in [-0.1, -0.05) is 38.4 Å². The molecule has 21 heavy (non-hydrogen) atoms. The van der Waals surface area contributed by atoms with Crippen LogP contribution >= 0.6 is 11.6 Å². The predicted molar refractivity (Wildman–Crippen MR) is 85.7 cm³/mol. The number of nitrogens with zero attached hydrogens (tertiary/aromatic N) is 1. The maximum atomic E-state index is 12.2. The number of hydrogen-bond acceptors (Lipinski definition) is 2. The van der Waals surface area contributed by atoms with Crippen molar-refractivity contribution in [3.8, 4) is 5.75 Å². The highest BCUT2D eigenvalue weighted by Gasteiger charge is 2.30. The summed E-state index contributed by atoms with van der Waals surface area (Å²) >= 11 is 5.89. The first-order valence-corrected chi connectivity index (χ1v) is 7.90. The standard InChI is InChI=1S/C17H24ClNO2/c1-17(2,3)13-7-9-19(10-8-13)16(20)12-21-15-6-4-5-14(18)11-15/h4-6,11,13H,7-10,12H2,1-3H3. The number of carbonyl (C=O) groups is 1. The lowest BCUT2D eigenvalue weighted by Crippen LogP contribution is -2.43. The molecular weight excluding hydrogens is 286 g/mol. The molecule has 3 nitrogen and oxygen atoms in total. The van der Waals surface area contributed by atoms with Crippen LogP contribution in [0.25, 0.3) is 0 Å². The first kappa shape index (κ1) is 16.2. The Morgan fingerprint density at radius 3 is 2.57 bits per heavy atom. The van der Waals surface area contributed by atoms with Gasteiger partial charge in [-0.25, -0.2) is 0 Å². The van der Waals surface area contributed by atoms with Crippen LogP contribution in [0.1, 0.15) is 33.6 Å². The highest BCUT2D eigenvalue weighted by molar-refractivity contribution is 6.30. The number of ether oxygens (including phenoxy) is 1. The molecule has 1 saturated heterocycles. The van der Waals surface area contributed by atoms with Crippen molar-refractivity contribution in [3.05, 3.63) is 29.3 Å². The summed E-state index contributed by atoms with van der Waals surface area (Å²) in [7, 11) is 0. The van der Waals surface area contributed by atoms with Crippen molar-refractivity contribution < 1.29 is 9.53 Å². The summed E-state index contributed by atoms with van der Waals surface area (Å²) in [5.41, 5.74) is 0.326. The Bertz CT molecular complexity index is 488. The molecule has 1 aromatic rings. The number of piperidine rings is 1. The van der Waals surface area contributed by atoms with Crippen LogP contribution in [0.5, 0.6) is 5.75 Å². The SMILES string of the molecule is CC(C)(C)C1CCN(C(=O)COc2cccc(Cl)c2)CC1. The van der Waals surface area contributed by atoms with Crippen LogP contribution in [0.3, 0.4) is 0 Å². The van der Waals surface area contributed by atoms with Crippen molar-refractivity contribution >= 4 is 17.5 Å². The van der Waals surface area contributed by atoms with Gasteiger partial charge in [-0.3, -0.25) is 4.79 Å². The fraction of sp³-hybridized carbons (Fsp3) is 0.588. The Balaban J connectivity index is 1.80. The summed E-state index contributed by atoms with van der Waals surface area (Å²) in [6, 6.07) is 7.14. The molecule has 0 saturated carbocycles. The summed E-state index contributed by atoms with van der Waals surface area (Å²) in [6.07, 6.45) is 2.15. The minimum absolute atomic E-state index is 0.0577. The van der Waals surface area contributed by atoms with Gasteiger partial charge in [0.1, 0.15) is 5.75 Å². The molecule has 0 aromatic heterocycles. The summed E-state index contributed by atoms with van der Waals surface area (Å²) in [6.45, 7) is 8.58. The molecule has 0 bridgehead atoms. The second kappa shape index (κ2) is 6.69. The van der Waals surface area contributed by atoms with Crippen LogP contribution in [0.2, 0.25) is 5.02 Å². The van der Waals surface area contributed by atoms with Gasteiger partial charge in [0.25, 0.3) is 5.91 Å². The van der Waals surface area contributed by atoms with Crippen LogP contribution in [-0.2, 0) is 4.79 Å². The third-order valence-electron chi connectivity index (χ3n) is 4.23. The van der Waals surface area contributed by atoms with E-state index in [1.54, 1.807) is 12.1 Å². The molecule has 0 atom stereocenters. The normalized spacial score (nSPS) is 16.9. The van der Waals surface area contributed by atoms with Crippen molar-refractivity contribution in [2.75, 3.05) is 19.7 Å². The van der Waals surface area contributed by atoms with Crippen LogP contribution in [0.15, 0.2) is 24.3 Å². The van der Waals surface area contributed by atoms with Crippen molar-refractivity contribution in [2.24, 2.45) is 11.3 Å². The van der Waals surface area contributed by atoms with Gasteiger partial charge in [-0.2, -0.15) is 0 Å². The number of halogens is 1. The van der Waals surface area contributed by atoms with Gasteiger partial charge in [-0.05, 0) is 42.4 Å². The van der Waals surface area contributed by atoms with Crippen LogP contribution in [-0.4, -0.2) is 30.5 Å². The lowest BCUT2D eigenvalue weighted by atomic mass is 9.75. The van der Waals surface area contributed by atoms with Crippen molar-refractivity contribution in [1.29, 1.82) is 0 Å². The number of carbonyl (C=O) groups excluding carboxylic acids is 1. The minimum Gasteiger partial charge on any atom is -0.484 e. The van der Waals surface area contributed by atoms with Crippen LogP contribution < -0.4 is 4.74 Å². The van der Waals surface area contributed by atoms with Gasteiger partial charge in [0.15, 0.2) is 6.61 Å². The van der Waals surface area contributed by atoms with E-state index in [1.165, 1.54) is 0 Å². The van der Waals surface area contributed by atoms with E-state index in [-0.39, 0.29) is 12.5 Å². The molecule has 0 spiro atoms. The van der Waals surface area contributed by atoms with Gasteiger partial charge in [0, 0.05) is 18.1 Å². The van der Waals surface area contributed by atoms with E-state index in [4.69, 9.17) is 16.3 Å². The van der Waals surface area contributed by atoms with Crippen molar-refractivity contribution in [3.63, 3.8) is 0 Å². The minimum atomic E-state index is 0.0577. The largest absolute Gasteiger partial charge is 0.484 e. The third kappa shape index (κ3) is 4.63. The zero-order chi connectivity index (χ0) is 15.5. The van der Waals surface area contributed by atoms with E-state index >= 15 is 0 Å². The summed E-state index contributed by atoms with van der Waals surface area (Å²) in [4.78, 5) is 14.1. The van der Waals surface area contributed by atoms with E-state index in [9.17, 15) is 4.79 Å². The average Bonchev–Trinajstić information content (AvgIpc) is 2.44. The van der Waals surface area contributed by atoms with Crippen molar-refractivity contribution in [2.45, 2.75) is 33.6 Å². The number of likely N-dealkylation sites (tertiary alicyclic amines) is 1. The van der Waals surface area contributed by atoms with E-state index in [1.807, 2.05) is 17.0 Å². The van der Waals surface area contributed by atoms with Gasteiger partial charge < -0.3 is 9.64 Å². The molecule has 0 unspecified atom stereocenters. The quantitative estimate of drug-likeness (QED) is 0.844. The Labute approximate surface area is 132 Å². The number of rotatable bonds is 3. The lowest BCUT2D eigenvalue weighted by molar-refractivity contribution is -0.135. The van der Waals surface area contributed by atoms with E-state index < -0.39 is 0 Å². The van der Waals surface area contributed by atoms with E-state index in [2.05, 4.69) is 20.8 Å². The highest BCUT2D eigenvalue weighted by Crippen LogP contribution is 2.34. The Kier molecular flexibility index (Phi) is 5.15. The molecule has 0 N–H and O–H groups in total. The highest BCUT2D eigenvalue weighted by atomic mass is 35.5. The topological polar surface area (TPSA) is 29.5 Å². The predicted octanol–water partition coefficient (Wildman–Crippen LogP) is 4.00. The molecule has 1 aliphatic heterocycles. The van der Waals surface area contributed by atoms with E-state index in [0.29, 0.717) is 22.1 Å². The van der Waals surface area contributed by atoms with Gasteiger partial charge in [0.2, 0.25) is 0 Å². The van der Waals surface area contributed by atoms with E-state index in [0.717, 1.165) is 25.9 Å². The van der Waals surface area contributed by atoms with Gasteiger partial charge in [-0.15, -0.1) is 0 Å².